The van der Waals surface area contributed by atoms with Crippen molar-refractivity contribution in [3.63, 3.8) is 0 Å². The molecule has 7 nitrogen and oxygen atoms in total. The lowest BCUT2D eigenvalue weighted by Crippen LogP contribution is -2.19. The van der Waals surface area contributed by atoms with Crippen molar-refractivity contribution in [2.24, 2.45) is 7.05 Å². The second-order valence-corrected chi connectivity index (χ2v) is 6.34. The third-order valence-corrected chi connectivity index (χ3v) is 4.88. The Bertz CT molecular complexity index is 1130. The molecule has 0 spiro atoms. The summed E-state index contributed by atoms with van der Waals surface area (Å²) in [6.45, 7) is 1.89. The summed E-state index contributed by atoms with van der Waals surface area (Å²) in [6, 6.07) is 7.55. The summed E-state index contributed by atoms with van der Waals surface area (Å²) in [7, 11) is 3.21. The average Bonchev–Trinajstić information content (AvgIpc) is 2.98. The zero-order valence-corrected chi connectivity index (χ0v) is 14.1. The lowest BCUT2D eigenvalue weighted by molar-refractivity contribution is 0.415. The quantitative estimate of drug-likeness (QED) is 0.557. The molecule has 0 N–H and O–H groups in total. The number of hydrogen-bond donors (Lipinski definition) is 0. The van der Waals surface area contributed by atoms with Gasteiger partial charge in [0, 0.05) is 12.6 Å². The van der Waals surface area contributed by atoms with E-state index in [1.165, 1.54) is 16.0 Å². The number of benzene rings is 1. The van der Waals surface area contributed by atoms with Gasteiger partial charge in [0.15, 0.2) is 5.82 Å². The summed E-state index contributed by atoms with van der Waals surface area (Å²) < 4.78 is 6.95. The Balaban J connectivity index is 1.98. The number of ether oxygens (including phenoxy) is 1. The van der Waals surface area contributed by atoms with Gasteiger partial charge in [-0.25, -0.2) is 14.6 Å². The molecule has 0 radical (unpaired) electrons. The first-order chi connectivity index (χ1) is 11.6. The van der Waals surface area contributed by atoms with Crippen molar-refractivity contribution in [1.82, 2.24) is 25.0 Å². The summed E-state index contributed by atoms with van der Waals surface area (Å²) >= 11 is 1.32. The Morgan fingerprint density at radius 3 is 2.62 bits per heavy atom. The molecule has 24 heavy (non-hydrogen) atoms. The normalized spacial score (nSPS) is 11.3. The Hall–Kier alpha value is -2.87. The number of nitrogens with zero attached hydrogens (tertiary/aromatic N) is 5. The van der Waals surface area contributed by atoms with Gasteiger partial charge < -0.3 is 4.74 Å². The van der Waals surface area contributed by atoms with Crippen molar-refractivity contribution >= 4 is 31.8 Å². The highest BCUT2D eigenvalue weighted by atomic mass is 32.1. The molecule has 0 bridgehead atoms. The van der Waals surface area contributed by atoms with Gasteiger partial charge in [-0.3, -0.25) is 4.79 Å². The van der Waals surface area contributed by atoms with E-state index in [0.717, 1.165) is 27.2 Å². The molecule has 0 aliphatic rings. The Labute approximate surface area is 140 Å². The molecular formula is C16H13N5O2S. The molecule has 4 aromatic rings. The van der Waals surface area contributed by atoms with Crippen LogP contribution in [0.5, 0.6) is 5.75 Å². The fraction of sp³-hybridized carbons (Fsp3) is 0.188. The van der Waals surface area contributed by atoms with Crippen molar-refractivity contribution in [3.8, 4) is 17.1 Å². The molecule has 120 valence electrons. The van der Waals surface area contributed by atoms with Crippen molar-refractivity contribution < 1.29 is 4.74 Å². The van der Waals surface area contributed by atoms with Crippen molar-refractivity contribution in [1.29, 1.82) is 0 Å². The van der Waals surface area contributed by atoms with Crippen LogP contribution in [0, 0.1) is 6.92 Å². The van der Waals surface area contributed by atoms with Gasteiger partial charge in [-0.1, -0.05) is 5.21 Å². The van der Waals surface area contributed by atoms with Crippen LogP contribution in [0.4, 0.5) is 0 Å². The van der Waals surface area contributed by atoms with Gasteiger partial charge >= 0.3 is 0 Å². The number of aryl methyl sites for hydroxylation is 2. The van der Waals surface area contributed by atoms with Gasteiger partial charge in [-0.15, -0.1) is 16.4 Å². The minimum absolute atomic E-state index is 0.173. The van der Waals surface area contributed by atoms with E-state index >= 15 is 0 Å². The number of hydrogen-bond acceptors (Lipinski definition) is 7. The summed E-state index contributed by atoms with van der Waals surface area (Å²) in [5, 5.41) is 8.79. The molecule has 0 fully saturated rings. The second kappa shape index (κ2) is 5.34. The molecule has 0 unspecified atom stereocenters. The maximum absolute atomic E-state index is 12.2. The third-order valence-electron chi connectivity index (χ3n) is 3.82. The highest BCUT2D eigenvalue weighted by Crippen LogP contribution is 2.32. The maximum Gasteiger partial charge on any atom is 0.287 e. The van der Waals surface area contributed by atoms with Crippen LogP contribution in [0.25, 0.3) is 31.8 Å². The third kappa shape index (κ3) is 2.15. The van der Waals surface area contributed by atoms with Crippen molar-refractivity contribution in [2.45, 2.75) is 6.92 Å². The largest absolute Gasteiger partial charge is 0.497 e. The van der Waals surface area contributed by atoms with Gasteiger partial charge in [0.2, 0.25) is 0 Å². The highest BCUT2D eigenvalue weighted by Gasteiger charge is 2.17. The standard InChI is InChI=1S/C16H13N5O2S/c1-8-11-12-13(16(22)21(2)20-19-12)24-15(11)18-14(17-8)9-4-6-10(23-3)7-5-9/h4-7H,1-3H3. The molecular weight excluding hydrogens is 326 g/mol. The maximum atomic E-state index is 12.2. The summed E-state index contributed by atoms with van der Waals surface area (Å²) in [6.07, 6.45) is 0. The monoisotopic (exact) mass is 339 g/mol. The summed E-state index contributed by atoms with van der Waals surface area (Å²) in [4.78, 5) is 22.2. The smallest absolute Gasteiger partial charge is 0.287 e. The molecule has 3 aromatic heterocycles. The van der Waals surface area contributed by atoms with Crippen LogP contribution in [0.1, 0.15) is 5.69 Å². The minimum Gasteiger partial charge on any atom is -0.497 e. The number of rotatable bonds is 2. The molecule has 0 atom stereocenters. The van der Waals surface area contributed by atoms with Crippen LogP contribution in [0.3, 0.4) is 0 Å². The lowest BCUT2D eigenvalue weighted by atomic mass is 10.2. The Kier molecular flexibility index (Phi) is 3.27. The molecule has 4 rings (SSSR count). The number of fused-ring (bicyclic) bond motifs is 3. The van der Waals surface area contributed by atoms with Crippen LogP contribution < -0.4 is 10.3 Å². The van der Waals surface area contributed by atoms with E-state index in [2.05, 4.69) is 20.3 Å². The van der Waals surface area contributed by atoms with E-state index in [0.29, 0.717) is 16.0 Å². The van der Waals surface area contributed by atoms with Crippen molar-refractivity contribution in [3.05, 3.63) is 40.3 Å². The highest BCUT2D eigenvalue weighted by molar-refractivity contribution is 7.25. The fourth-order valence-electron chi connectivity index (χ4n) is 2.56. The molecule has 3 heterocycles. The second-order valence-electron chi connectivity index (χ2n) is 5.34. The molecule has 0 saturated heterocycles. The number of thiophene rings is 1. The van der Waals surface area contributed by atoms with E-state index in [1.54, 1.807) is 14.2 Å². The lowest BCUT2D eigenvalue weighted by Gasteiger charge is -2.04. The van der Waals surface area contributed by atoms with Gasteiger partial charge in [0.1, 0.15) is 20.8 Å². The zero-order chi connectivity index (χ0) is 16.8. The van der Waals surface area contributed by atoms with E-state index in [-0.39, 0.29) is 5.56 Å². The van der Waals surface area contributed by atoms with Gasteiger partial charge in [-0.05, 0) is 31.2 Å². The zero-order valence-electron chi connectivity index (χ0n) is 13.3. The topological polar surface area (TPSA) is 82.8 Å². The molecule has 0 amide bonds. The number of aromatic nitrogens is 5. The minimum atomic E-state index is -0.173. The fourth-order valence-corrected chi connectivity index (χ4v) is 3.69. The molecule has 8 heteroatoms. The van der Waals surface area contributed by atoms with E-state index in [1.807, 2.05) is 31.2 Å². The first-order valence-corrected chi connectivity index (χ1v) is 8.05. The SMILES string of the molecule is COc1ccc(-c2nc(C)c3c(n2)sc2c(=O)n(C)nnc23)cc1. The Morgan fingerprint density at radius 1 is 1.17 bits per heavy atom. The van der Waals surface area contributed by atoms with E-state index in [9.17, 15) is 4.79 Å². The molecule has 0 aliphatic heterocycles. The first-order valence-electron chi connectivity index (χ1n) is 7.23. The summed E-state index contributed by atoms with van der Waals surface area (Å²) in [5.41, 5.74) is 2.06. The molecule has 0 aliphatic carbocycles. The van der Waals surface area contributed by atoms with Crippen LogP contribution >= 0.6 is 11.3 Å². The first kappa shape index (κ1) is 14.7. The number of methoxy groups -OCH3 is 1. The van der Waals surface area contributed by atoms with Crippen LogP contribution in [-0.4, -0.2) is 32.1 Å². The van der Waals surface area contributed by atoms with Gasteiger partial charge in [0.05, 0.1) is 18.2 Å². The van der Waals surface area contributed by atoms with Crippen LogP contribution in [-0.2, 0) is 7.05 Å². The van der Waals surface area contributed by atoms with Gasteiger partial charge in [0.25, 0.3) is 5.56 Å². The molecule has 0 saturated carbocycles. The Morgan fingerprint density at radius 2 is 1.92 bits per heavy atom. The van der Waals surface area contributed by atoms with Gasteiger partial charge in [-0.2, -0.15) is 0 Å². The summed E-state index contributed by atoms with van der Waals surface area (Å²) in [5.74, 6) is 1.39. The molecule has 1 aromatic carbocycles. The van der Waals surface area contributed by atoms with E-state index < -0.39 is 0 Å². The van der Waals surface area contributed by atoms with Crippen LogP contribution in [0.2, 0.25) is 0 Å². The predicted molar refractivity (Wildman–Crippen MR) is 92.5 cm³/mol. The van der Waals surface area contributed by atoms with Crippen LogP contribution in [0.15, 0.2) is 29.1 Å². The van der Waals surface area contributed by atoms with E-state index in [4.69, 9.17) is 4.74 Å². The van der Waals surface area contributed by atoms with Crippen molar-refractivity contribution in [2.75, 3.05) is 7.11 Å². The average molecular weight is 339 g/mol. The predicted octanol–water partition coefficient (Wildman–Crippen LogP) is 2.32.